The van der Waals surface area contributed by atoms with Crippen molar-refractivity contribution in [3.63, 3.8) is 0 Å². The lowest BCUT2D eigenvalue weighted by molar-refractivity contribution is -0.274. The van der Waals surface area contributed by atoms with Gasteiger partial charge in [-0.15, -0.1) is 13.2 Å². The molecule has 1 N–H and O–H groups in total. The minimum Gasteiger partial charge on any atom is -0.406 e. The Morgan fingerprint density at radius 3 is 1.92 bits per heavy atom. The topological polar surface area (TPSA) is 48.1 Å². The van der Waals surface area contributed by atoms with Gasteiger partial charge in [-0.25, -0.2) is 4.79 Å². The molecule has 38 heavy (non-hydrogen) atoms. The third kappa shape index (κ3) is 6.74. The quantitative estimate of drug-likeness (QED) is 0.494. The summed E-state index contributed by atoms with van der Waals surface area (Å²) in [5.74, 6) is -0.332. The Morgan fingerprint density at radius 2 is 1.39 bits per heavy atom. The second-order valence-corrected chi connectivity index (χ2v) is 8.85. The lowest BCUT2D eigenvalue weighted by atomic mass is 10.1. The first-order chi connectivity index (χ1) is 17.6. The van der Waals surface area contributed by atoms with Gasteiger partial charge in [-0.3, -0.25) is 4.90 Å². The summed E-state index contributed by atoms with van der Waals surface area (Å²) < 4.78 is 120. The van der Waals surface area contributed by atoms with E-state index in [0.717, 1.165) is 0 Å². The van der Waals surface area contributed by atoms with Gasteiger partial charge in [0.15, 0.2) is 0 Å². The molecule has 0 saturated carbocycles. The molecular formula is C23H21F9N4O2. The summed E-state index contributed by atoms with van der Waals surface area (Å²) in [6, 6.07) is 5.57. The molecule has 0 unspecified atom stereocenters. The zero-order valence-corrected chi connectivity index (χ0v) is 19.4. The molecule has 0 atom stereocenters. The highest BCUT2D eigenvalue weighted by atomic mass is 19.4. The number of carbonyl (C=O) groups excluding carboxylic acids is 1. The van der Waals surface area contributed by atoms with Crippen LogP contribution in [0.3, 0.4) is 0 Å². The number of rotatable bonds is 4. The average molecular weight is 556 g/mol. The second-order valence-electron chi connectivity index (χ2n) is 8.85. The Bertz CT molecular complexity index is 1120. The molecule has 2 aliphatic heterocycles. The zero-order valence-electron chi connectivity index (χ0n) is 19.4. The molecule has 0 spiro atoms. The molecule has 2 aromatic carbocycles. The maximum absolute atomic E-state index is 13.0. The fraction of sp³-hybridized carbons (Fsp3) is 0.435. The first-order valence-electron chi connectivity index (χ1n) is 11.3. The molecule has 0 aliphatic carbocycles. The molecule has 2 fully saturated rings. The van der Waals surface area contributed by atoms with Crippen molar-refractivity contribution < 1.29 is 49.0 Å². The van der Waals surface area contributed by atoms with Crippen LogP contribution in [0.4, 0.5) is 55.7 Å². The molecule has 0 bridgehead atoms. The Labute approximate surface area is 210 Å². The van der Waals surface area contributed by atoms with Gasteiger partial charge < -0.3 is 19.9 Å². The first-order valence-corrected chi connectivity index (χ1v) is 11.3. The fourth-order valence-corrected chi connectivity index (χ4v) is 4.30. The summed E-state index contributed by atoms with van der Waals surface area (Å²) in [5, 5.41) is 2.11. The molecule has 2 heterocycles. The van der Waals surface area contributed by atoms with Crippen molar-refractivity contribution >= 4 is 17.4 Å². The molecule has 2 aromatic rings. The number of ether oxygens (including phenoxy) is 1. The number of benzene rings is 2. The number of hydrogen-bond acceptors (Lipinski definition) is 4. The summed E-state index contributed by atoms with van der Waals surface area (Å²) >= 11 is 0. The second kappa shape index (κ2) is 10.1. The van der Waals surface area contributed by atoms with Crippen LogP contribution in [-0.4, -0.2) is 67.5 Å². The lowest BCUT2D eigenvalue weighted by Crippen LogP contribution is -2.64. The molecule has 2 aliphatic rings. The van der Waals surface area contributed by atoms with Gasteiger partial charge in [-0.05, 0) is 30.3 Å². The van der Waals surface area contributed by atoms with E-state index in [1.54, 1.807) is 6.07 Å². The number of carbonyl (C=O) groups is 1. The van der Waals surface area contributed by atoms with Crippen LogP contribution in [0.25, 0.3) is 0 Å². The number of nitrogens with one attached hydrogen (secondary N) is 1. The molecule has 6 nitrogen and oxygen atoms in total. The van der Waals surface area contributed by atoms with E-state index in [2.05, 4.69) is 15.0 Å². The fourth-order valence-electron chi connectivity index (χ4n) is 4.30. The molecule has 4 rings (SSSR count). The van der Waals surface area contributed by atoms with Gasteiger partial charge in [0.05, 0.1) is 11.1 Å². The van der Waals surface area contributed by atoms with Gasteiger partial charge in [-0.2, -0.15) is 26.3 Å². The van der Waals surface area contributed by atoms with Crippen molar-refractivity contribution in [2.75, 3.05) is 49.5 Å². The predicted octanol–water partition coefficient (Wildman–Crippen LogP) is 5.66. The van der Waals surface area contributed by atoms with Crippen LogP contribution in [0, 0.1) is 0 Å². The summed E-state index contributed by atoms with van der Waals surface area (Å²) in [6.07, 6.45) is -14.9. The Hall–Kier alpha value is -3.36. The summed E-state index contributed by atoms with van der Waals surface area (Å²) in [5.41, 5.74) is -3.12. The monoisotopic (exact) mass is 556 g/mol. The zero-order chi connectivity index (χ0) is 27.9. The Morgan fingerprint density at radius 1 is 0.816 bits per heavy atom. The molecule has 0 aromatic heterocycles. The smallest absolute Gasteiger partial charge is 0.406 e. The van der Waals surface area contributed by atoms with Gasteiger partial charge >= 0.3 is 24.7 Å². The highest BCUT2D eigenvalue weighted by Gasteiger charge is 2.39. The van der Waals surface area contributed by atoms with Crippen molar-refractivity contribution in [2.45, 2.75) is 24.8 Å². The van der Waals surface area contributed by atoms with Crippen LogP contribution < -0.4 is 15.0 Å². The van der Waals surface area contributed by atoms with Crippen LogP contribution in [-0.2, 0) is 12.4 Å². The van der Waals surface area contributed by atoms with Crippen molar-refractivity contribution in [3.8, 4) is 5.75 Å². The van der Waals surface area contributed by atoms with E-state index in [0.29, 0.717) is 44.0 Å². The van der Waals surface area contributed by atoms with E-state index >= 15 is 0 Å². The van der Waals surface area contributed by atoms with Crippen LogP contribution in [0.5, 0.6) is 5.75 Å². The van der Waals surface area contributed by atoms with Gasteiger partial charge in [-0.1, -0.05) is 6.07 Å². The number of hydrogen-bond donors (Lipinski definition) is 1. The summed E-state index contributed by atoms with van der Waals surface area (Å²) in [6.45, 7) is 2.48. The largest absolute Gasteiger partial charge is 0.573 e. The van der Waals surface area contributed by atoms with E-state index in [1.807, 2.05) is 4.90 Å². The number of likely N-dealkylation sites (tertiary alicyclic amines) is 1. The number of alkyl halides is 9. The molecule has 0 radical (unpaired) electrons. The standard InChI is InChI=1S/C23H21F9N4O2/c24-21(25,26)14-8-15(22(27,28)29)10-16(9-14)33-20(37)36-12-18(13-36)35-6-4-34(5-7-35)17-2-1-3-19(11-17)38-23(30,31)32/h1-3,8-11,18H,4-7,12-13H2,(H,33,37). The average Bonchev–Trinajstić information content (AvgIpc) is 2.76. The van der Waals surface area contributed by atoms with Gasteiger partial charge in [0, 0.05) is 62.8 Å². The highest BCUT2D eigenvalue weighted by molar-refractivity contribution is 5.90. The first kappa shape index (κ1) is 27.7. The molecule has 2 amide bonds. The van der Waals surface area contributed by atoms with Gasteiger partial charge in [0.2, 0.25) is 0 Å². The van der Waals surface area contributed by atoms with Crippen LogP contribution >= 0.6 is 0 Å². The van der Waals surface area contributed by atoms with Crippen molar-refractivity contribution in [3.05, 3.63) is 53.6 Å². The maximum Gasteiger partial charge on any atom is 0.573 e. The minimum atomic E-state index is -5.03. The Balaban J connectivity index is 1.30. The number of urea groups is 1. The van der Waals surface area contributed by atoms with E-state index in [4.69, 9.17) is 0 Å². The SMILES string of the molecule is O=C(Nc1cc(C(F)(F)F)cc(C(F)(F)F)c1)N1CC(N2CCN(c3cccc(OC(F)(F)F)c3)CC2)C1. The van der Waals surface area contributed by atoms with E-state index in [-0.39, 0.29) is 30.9 Å². The normalized spacial score (nSPS) is 17.8. The van der Waals surface area contributed by atoms with Gasteiger partial charge in [0.25, 0.3) is 0 Å². The van der Waals surface area contributed by atoms with Gasteiger partial charge in [0.1, 0.15) is 5.75 Å². The van der Waals surface area contributed by atoms with E-state index < -0.39 is 41.6 Å². The van der Waals surface area contributed by atoms with Crippen molar-refractivity contribution in [1.29, 1.82) is 0 Å². The number of halogens is 9. The number of nitrogens with zero attached hydrogens (tertiary/aromatic N) is 3. The number of amides is 2. The molecule has 15 heteroatoms. The highest BCUT2D eigenvalue weighted by Crippen LogP contribution is 2.38. The Kier molecular flexibility index (Phi) is 7.34. The van der Waals surface area contributed by atoms with Crippen LogP contribution in [0.1, 0.15) is 11.1 Å². The number of piperazine rings is 1. The third-order valence-electron chi connectivity index (χ3n) is 6.24. The van der Waals surface area contributed by atoms with Crippen molar-refractivity contribution in [2.24, 2.45) is 0 Å². The summed E-state index contributed by atoms with van der Waals surface area (Å²) in [7, 11) is 0. The predicted molar refractivity (Wildman–Crippen MR) is 118 cm³/mol. The van der Waals surface area contributed by atoms with Crippen molar-refractivity contribution in [1.82, 2.24) is 9.80 Å². The van der Waals surface area contributed by atoms with E-state index in [9.17, 15) is 44.3 Å². The maximum atomic E-state index is 13.0. The molecule has 208 valence electrons. The minimum absolute atomic E-state index is 0.0193. The molecular weight excluding hydrogens is 535 g/mol. The number of anilines is 2. The van der Waals surface area contributed by atoms with Crippen LogP contribution in [0.15, 0.2) is 42.5 Å². The lowest BCUT2D eigenvalue weighted by Gasteiger charge is -2.48. The summed E-state index contributed by atoms with van der Waals surface area (Å²) in [4.78, 5) is 17.7. The van der Waals surface area contributed by atoms with Crippen LogP contribution in [0.2, 0.25) is 0 Å². The third-order valence-corrected chi connectivity index (χ3v) is 6.24. The van der Waals surface area contributed by atoms with E-state index in [1.165, 1.54) is 23.1 Å². The molecule has 2 saturated heterocycles.